The van der Waals surface area contributed by atoms with E-state index in [4.69, 9.17) is 10.5 Å². The Labute approximate surface area is 199 Å². The summed E-state index contributed by atoms with van der Waals surface area (Å²) in [4.78, 5) is 41.7. The van der Waals surface area contributed by atoms with E-state index in [1.54, 1.807) is 6.92 Å². The first-order chi connectivity index (χ1) is 16.7. The van der Waals surface area contributed by atoms with Gasteiger partial charge in [-0.1, -0.05) is 0 Å². The number of alkyl halides is 5. The Hall–Kier alpha value is -3.98. The Morgan fingerprint density at radius 1 is 1.19 bits per heavy atom. The van der Waals surface area contributed by atoms with Gasteiger partial charge in [0, 0.05) is 19.9 Å². The lowest BCUT2D eigenvalue weighted by atomic mass is 9.84. The maximum Gasteiger partial charge on any atom is 0.453 e. The molecule has 4 rings (SSSR count). The number of esters is 1. The number of nitrogens with one attached hydrogen (secondary N) is 1. The van der Waals surface area contributed by atoms with Gasteiger partial charge in [-0.25, -0.2) is 19.9 Å². The second-order valence-corrected chi connectivity index (χ2v) is 8.15. The monoisotopic (exact) mass is 514 g/mol. The first-order valence-corrected chi connectivity index (χ1v) is 10.5. The van der Waals surface area contributed by atoms with Crippen LogP contribution in [0.15, 0.2) is 6.20 Å². The van der Waals surface area contributed by atoms with Crippen molar-refractivity contribution < 1.29 is 36.3 Å². The molecule has 4 heterocycles. The number of aromatic nitrogens is 6. The Balaban J connectivity index is 1.81. The number of ether oxygens (including phenoxy) is 1. The highest BCUT2D eigenvalue weighted by molar-refractivity contribution is 6.19. The number of aryl methyl sites for hydroxylation is 2. The van der Waals surface area contributed by atoms with Gasteiger partial charge in [-0.15, -0.1) is 0 Å². The van der Waals surface area contributed by atoms with Crippen LogP contribution in [0.2, 0.25) is 0 Å². The Morgan fingerprint density at radius 2 is 1.89 bits per heavy atom. The maximum atomic E-state index is 13.5. The minimum Gasteiger partial charge on any atom is -0.465 e. The van der Waals surface area contributed by atoms with Crippen LogP contribution in [0.25, 0.3) is 22.6 Å². The first-order valence-electron chi connectivity index (χ1n) is 10.5. The molecule has 1 unspecified atom stereocenters. The quantitative estimate of drug-likeness (QED) is 0.287. The van der Waals surface area contributed by atoms with Gasteiger partial charge in [0.1, 0.15) is 23.2 Å². The van der Waals surface area contributed by atoms with Crippen LogP contribution in [0.4, 0.5) is 33.6 Å². The summed E-state index contributed by atoms with van der Waals surface area (Å²) in [5.41, 5.74) is 4.31. The summed E-state index contributed by atoms with van der Waals surface area (Å²) in [6.45, 7) is 2.87. The first kappa shape index (κ1) is 25.1. The van der Waals surface area contributed by atoms with E-state index in [1.807, 2.05) is 0 Å². The molecule has 0 fully saturated rings. The van der Waals surface area contributed by atoms with Crippen molar-refractivity contribution >= 4 is 34.5 Å². The number of nitrogen functional groups attached to an aromatic ring is 1. The minimum atomic E-state index is -5.73. The van der Waals surface area contributed by atoms with Crippen molar-refractivity contribution in [1.82, 2.24) is 29.7 Å². The molecule has 0 bridgehead atoms. The second kappa shape index (κ2) is 8.30. The van der Waals surface area contributed by atoms with Crippen LogP contribution >= 0.6 is 0 Å². The molecule has 16 heteroatoms. The van der Waals surface area contributed by atoms with Gasteiger partial charge in [0.05, 0.1) is 23.8 Å². The highest BCUT2D eigenvalue weighted by Crippen LogP contribution is 2.42. The summed E-state index contributed by atoms with van der Waals surface area (Å²) in [5.74, 6) is -7.46. The molecule has 11 nitrogen and oxygen atoms in total. The SMILES string of the molecule is CCOC(=O)C1(C)C(=O)Nc2nc(-c3nc(CCC(F)(F)C(F)(F)F)nc4c3cnn4C)nc(N)c21. The molecule has 36 heavy (non-hydrogen) atoms. The standard InChI is InChI=1S/C20H19F5N8O3/c1-4-36-17(35)18(2)10-12(26)30-14(31-13(10)32-16(18)34)11-8-7-27-33(3)15(8)29-9(28-11)5-6-19(21,22)20(23,24)25/h7H,4-6H2,1-3H3,(H3,26,30,31,32,34). The van der Waals surface area contributed by atoms with E-state index in [0.717, 1.165) is 0 Å². The summed E-state index contributed by atoms with van der Waals surface area (Å²) in [6, 6.07) is 0. The fourth-order valence-corrected chi connectivity index (χ4v) is 3.74. The molecule has 3 aromatic rings. The molecule has 1 aliphatic rings. The lowest BCUT2D eigenvalue weighted by Gasteiger charge is -2.20. The van der Waals surface area contributed by atoms with Gasteiger partial charge < -0.3 is 15.8 Å². The van der Waals surface area contributed by atoms with Gasteiger partial charge in [0.25, 0.3) is 0 Å². The largest absolute Gasteiger partial charge is 0.465 e. The van der Waals surface area contributed by atoms with Gasteiger partial charge in [-0.3, -0.25) is 14.3 Å². The van der Waals surface area contributed by atoms with Crippen molar-refractivity contribution in [1.29, 1.82) is 0 Å². The van der Waals surface area contributed by atoms with Crippen LogP contribution < -0.4 is 11.1 Å². The van der Waals surface area contributed by atoms with Crippen LogP contribution in [-0.2, 0) is 33.2 Å². The molecule has 1 amide bonds. The van der Waals surface area contributed by atoms with Crippen LogP contribution in [0.1, 0.15) is 31.7 Å². The second-order valence-electron chi connectivity index (χ2n) is 8.15. The predicted octanol–water partition coefficient (Wildman–Crippen LogP) is 2.31. The predicted molar refractivity (Wildman–Crippen MR) is 114 cm³/mol. The maximum absolute atomic E-state index is 13.5. The Morgan fingerprint density at radius 3 is 2.53 bits per heavy atom. The fourth-order valence-electron chi connectivity index (χ4n) is 3.74. The van der Waals surface area contributed by atoms with Gasteiger partial charge in [0.15, 0.2) is 16.9 Å². The molecule has 0 saturated carbocycles. The van der Waals surface area contributed by atoms with E-state index >= 15 is 0 Å². The van der Waals surface area contributed by atoms with Crippen molar-refractivity contribution in [2.75, 3.05) is 17.7 Å². The van der Waals surface area contributed by atoms with E-state index in [9.17, 15) is 31.5 Å². The number of nitrogens with two attached hydrogens (primary N) is 1. The molecule has 192 valence electrons. The topological polar surface area (TPSA) is 151 Å². The number of hydrogen-bond donors (Lipinski definition) is 2. The van der Waals surface area contributed by atoms with Crippen LogP contribution in [0.5, 0.6) is 0 Å². The van der Waals surface area contributed by atoms with Gasteiger partial charge >= 0.3 is 18.1 Å². The lowest BCUT2D eigenvalue weighted by molar-refractivity contribution is -0.284. The number of carbonyl (C=O) groups is 2. The molecular weight excluding hydrogens is 495 g/mol. The zero-order chi connectivity index (χ0) is 26.6. The molecule has 0 spiro atoms. The van der Waals surface area contributed by atoms with Crippen molar-refractivity contribution in [2.24, 2.45) is 7.05 Å². The molecule has 3 N–H and O–H groups in total. The Kier molecular flexibility index (Phi) is 5.80. The molecule has 0 saturated heterocycles. The average Bonchev–Trinajstić information content (AvgIpc) is 3.29. The number of amides is 1. The third-order valence-corrected chi connectivity index (χ3v) is 5.73. The van der Waals surface area contributed by atoms with Crippen molar-refractivity contribution in [2.45, 2.75) is 44.2 Å². The van der Waals surface area contributed by atoms with E-state index < -0.39 is 42.2 Å². The number of anilines is 2. The smallest absolute Gasteiger partial charge is 0.453 e. The van der Waals surface area contributed by atoms with E-state index in [1.165, 1.54) is 24.9 Å². The van der Waals surface area contributed by atoms with Gasteiger partial charge in [-0.2, -0.15) is 27.1 Å². The zero-order valence-corrected chi connectivity index (χ0v) is 19.1. The van der Waals surface area contributed by atoms with Gasteiger partial charge in [0.2, 0.25) is 5.91 Å². The third-order valence-electron chi connectivity index (χ3n) is 5.73. The number of nitrogens with zero attached hydrogens (tertiary/aromatic N) is 6. The van der Waals surface area contributed by atoms with Crippen molar-refractivity contribution in [3.05, 3.63) is 17.6 Å². The van der Waals surface area contributed by atoms with Crippen LogP contribution in [-0.4, -0.2) is 60.3 Å². The van der Waals surface area contributed by atoms with Crippen molar-refractivity contribution in [3.8, 4) is 11.5 Å². The fraction of sp³-hybridized carbons (Fsp3) is 0.450. The average molecular weight is 514 g/mol. The van der Waals surface area contributed by atoms with E-state index in [-0.39, 0.29) is 52.2 Å². The van der Waals surface area contributed by atoms with Gasteiger partial charge in [-0.05, 0) is 13.8 Å². The summed E-state index contributed by atoms with van der Waals surface area (Å²) >= 11 is 0. The van der Waals surface area contributed by atoms with E-state index in [0.29, 0.717) is 0 Å². The molecule has 3 aromatic heterocycles. The molecule has 0 aromatic carbocycles. The van der Waals surface area contributed by atoms with E-state index in [2.05, 4.69) is 30.4 Å². The molecule has 0 radical (unpaired) electrons. The molecule has 0 aliphatic carbocycles. The van der Waals surface area contributed by atoms with Crippen LogP contribution in [0, 0.1) is 0 Å². The lowest BCUT2D eigenvalue weighted by Crippen LogP contribution is -2.41. The van der Waals surface area contributed by atoms with Crippen molar-refractivity contribution in [3.63, 3.8) is 0 Å². The Bertz CT molecular complexity index is 1390. The van der Waals surface area contributed by atoms with Crippen LogP contribution in [0.3, 0.4) is 0 Å². The number of fused-ring (bicyclic) bond motifs is 2. The number of rotatable bonds is 6. The summed E-state index contributed by atoms with van der Waals surface area (Å²) < 4.78 is 71.1. The number of carbonyl (C=O) groups excluding carboxylic acids is 2. The molecule has 1 aliphatic heterocycles. The number of halogens is 5. The highest BCUT2D eigenvalue weighted by Gasteiger charge is 2.57. The molecular formula is C20H19F5N8O3. The summed E-state index contributed by atoms with van der Waals surface area (Å²) in [6.07, 6.45) is -6.81. The molecule has 1 atom stereocenters. The highest BCUT2D eigenvalue weighted by atomic mass is 19.4. The number of hydrogen-bond acceptors (Lipinski definition) is 9. The normalized spacial score (nSPS) is 17.8. The third kappa shape index (κ3) is 3.85. The summed E-state index contributed by atoms with van der Waals surface area (Å²) in [7, 11) is 1.48. The summed E-state index contributed by atoms with van der Waals surface area (Å²) in [5, 5.41) is 6.71. The minimum absolute atomic E-state index is 0.00592. The zero-order valence-electron chi connectivity index (χ0n) is 19.1.